The fourth-order valence-corrected chi connectivity index (χ4v) is 1.75. The highest BCUT2D eigenvalue weighted by atomic mass is 79.9. The summed E-state index contributed by atoms with van der Waals surface area (Å²) in [6, 6.07) is 5.56. The molecule has 0 aromatic heterocycles. The van der Waals surface area contributed by atoms with Gasteiger partial charge in [-0.15, -0.1) is 0 Å². The minimum absolute atomic E-state index is 0.0374. The van der Waals surface area contributed by atoms with Gasteiger partial charge in [-0.05, 0) is 49.9 Å². The molecule has 94 valence electrons. The lowest BCUT2D eigenvalue weighted by Crippen LogP contribution is -2.24. The van der Waals surface area contributed by atoms with Gasteiger partial charge in [-0.1, -0.05) is 15.9 Å². The Kier molecular flexibility index (Phi) is 6.22. The van der Waals surface area contributed by atoms with E-state index in [4.69, 9.17) is 5.11 Å². The van der Waals surface area contributed by atoms with Crippen LogP contribution in [0.15, 0.2) is 22.7 Å². The van der Waals surface area contributed by atoms with Crippen LogP contribution in [-0.4, -0.2) is 24.2 Å². The fourth-order valence-electron chi connectivity index (χ4n) is 1.50. The summed E-state index contributed by atoms with van der Waals surface area (Å²) in [6.45, 7) is 2.84. The summed E-state index contributed by atoms with van der Waals surface area (Å²) < 4.78 is 1.01. The molecule has 0 aliphatic heterocycles. The number of rotatable bonds is 6. The number of nitrogens with one attached hydrogen (secondary N) is 1. The van der Waals surface area contributed by atoms with Crippen LogP contribution in [0.1, 0.15) is 35.2 Å². The van der Waals surface area contributed by atoms with Crippen molar-refractivity contribution in [2.75, 3.05) is 13.2 Å². The van der Waals surface area contributed by atoms with Gasteiger partial charge < -0.3 is 10.4 Å². The van der Waals surface area contributed by atoms with Crippen molar-refractivity contribution in [2.24, 2.45) is 0 Å². The Hall–Kier alpha value is -0.870. The van der Waals surface area contributed by atoms with E-state index in [2.05, 4.69) is 21.2 Å². The van der Waals surface area contributed by atoms with E-state index in [0.29, 0.717) is 12.1 Å². The Labute approximate surface area is 110 Å². The van der Waals surface area contributed by atoms with E-state index in [1.807, 2.05) is 19.1 Å². The SMILES string of the molecule is Cc1cc(C(=O)NCCCCCO)ccc1Br. The van der Waals surface area contributed by atoms with Crippen LogP contribution in [0.2, 0.25) is 0 Å². The van der Waals surface area contributed by atoms with E-state index in [-0.39, 0.29) is 12.5 Å². The second-order valence-electron chi connectivity index (χ2n) is 4.00. The van der Waals surface area contributed by atoms with E-state index < -0.39 is 0 Å². The first kappa shape index (κ1) is 14.2. The number of aryl methyl sites for hydroxylation is 1. The summed E-state index contributed by atoms with van der Waals surface area (Å²) in [6.07, 6.45) is 2.64. The fraction of sp³-hybridized carbons (Fsp3) is 0.462. The third kappa shape index (κ3) is 4.88. The highest BCUT2D eigenvalue weighted by molar-refractivity contribution is 9.10. The standard InChI is InChI=1S/C13H18BrNO2/c1-10-9-11(5-6-12(10)14)13(17)15-7-3-2-4-8-16/h5-6,9,16H,2-4,7-8H2,1H3,(H,15,17). The first-order valence-corrected chi connectivity index (χ1v) is 6.59. The molecule has 0 aliphatic rings. The van der Waals surface area contributed by atoms with Gasteiger partial charge in [0.1, 0.15) is 0 Å². The Balaban J connectivity index is 2.39. The van der Waals surface area contributed by atoms with Gasteiger partial charge in [0, 0.05) is 23.2 Å². The van der Waals surface area contributed by atoms with Crippen LogP contribution in [0.25, 0.3) is 0 Å². The molecule has 0 heterocycles. The van der Waals surface area contributed by atoms with Gasteiger partial charge in [0.25, 0.3) is 5.91 Å². The third-order valence-electron chi connectivity index (χ3n) is 2.54. The second-order valence-corrected chi connectivity index (χ2v) is 4.86. The van der Waals surface area contributed by atoms with Crippen LogP contribution in [0, 0.1) is 6.92 Å². The number of amides is 1. The predicted octanol–water partition coefficient (Wildman–Crippen LogP) is 2.65. The molecule has 1 aromatic rings. The molecule has 17 heavy (non-hydrogen) atoms. The first-order valence-electron chi connectivity index (χ1n) is 5.80. The van der Waals surface area contributed by atoms with Gasteiger partial charge in [0.15, 0.2) is 0 Å². The van der Waals surface area contributed by atoms with Crippen molar-refractivity contribution in [3.05, 3.63) is 33.8 Å². The Morgan fingerprint density at radius 2 is 2.12 bits per heavy atom. The maximum atomic E-state index is 11.8. The van der Waals surface area contributed by atoms with Crippen molar-refractivity contribution in [1.82, 2.24) is 5.32 Å². The zero-order valence-electron chi connectivity index (χ0n) is 10.0. The quantitative estimate of drug-likeness (QED) is 0.794. The molecule has 3 nitrogen and oxygen atoms in total. The topological polar surface area (TPSA) is 49.3 Å². The molecule has 0 saturated carbocycles. The van der Waals surface area contributed by atoms with Gasteiger partial charge in [-0.2, -0.15) is 0 Å². The van der Waals surface area contributed by atoms with Crippen molar-refractivity contribution >= 4 is 21.8 Å². The number of hydrogen-bond donors (Lipinski definition) is 2. The summed E-state index contributed by atoms with van der Waals surface area (Å²) in [5.74, 6) is -0.0374. The Morgan fingerprint density at radius 3 is 2.76 bits per heavy atom. The third-order valence-corrected chi connectivity index (χ3v) is 3.43. The zero-order valence-corrected chi connectivity index (χ0v) is 11.6. The molecular formula is C13H18BrNO2. The molecule has 1 amide bonds. The normalized spacial score (nSPS) is 10.3. The Bertz CT molecular complexity index is 380. The Morgan fingerprint density at radius 1 is 1.35 bits per heavy atom. The number of aliphatic hydroxyl groups is 1. The van der Waals surface area contributed by atoms with Gasteiger partial charge in [0.2, 0.25) is 0 Å². The van der Waals surface area contributed by atoms with Crippen molar-refractivity contribution in [2.45, 2.75) is 26.2 Å². The van der Waals surface area contributed by atoms with Crippen LogP contribution < -0.4 is 5.32 Å². The molecule has 2 N–H and O–H groups in total. The van der Waals surface area contributed by atoms with E-state index in [1.165, 1.54) is 0 Å². The van der Waals surface area contributed by atoms with E-state index in [0.717, 1.165) is 29.3 Å². The average molecular weight is 300 g/mol. The predicted molar refractivity (Wildman–Crippen MR) is 72.1 cm³/mol. The summed E-state index contributed by atoms with van der Waals surface area (Å²) in [7, 11) is 0. The summed E-state index contributed by atoms with van der Waals surface area (Å²) in [5.41, 5.74) is 1.74. The maximum absolute atomic E-state index is 11.8. The van der Waals surface area contributed by atoms with E-state index in [9.17, 15) is 4.79 Å². The monoisotopic (exact) mass is 299 g/mol. The van der Waals surface area contributed by atoms with Gasteiger partial charge in [-0.3, -0.25) is 4.79 Å². The van der Waals surface area contributed by atoms with Gasteiger partial charge in [-0.25, -0.2) is 0 Å². The summed E-state index contributed by atoms with van der Waals surface area (Å²) in [4.78, 5) is 11.8. The molecular weight excluding hydrogens is 282 g/mol. The minimum Gasteiger partial charge on any atom is -0.396 e. The maximum Gasteiger partial charge on any atom is 0.251 e. The first-order chi connectivity index (χ1) is 8.15. The van der Waals surface area contributed by atoms with Crippen LogP contribution in [0.3, 0.4) is 0 Å². The van der Waals surface area contributed by atoms with Crippen molar-refractivity contribution in [3.63, 3.8) is 0 Å². The number of carbonyl (C=O) groups is 1. The summed E-state index contributed by atoms with van der Waals surface area (Å²) in [5, 5.41) is 11.5. The molecule has 0 fully saturated rings. The molecule has 0 spiro atoms. The molecule has 0 aliphatic carbocycles. The number of hydrogen-bond acceptors (Lipinski definition) is 2. The lowest BCUT2D eigenvalue weighted by atomic mass is 10.1. The highest BCUT2D eigenvalue weighted by Crippen LogP contribution is 2.16. The minimum atomic E-state index is -0.0374. The second kappa shape index (κ2) is 7.45. The molecule has 0 atom stereocenters. The van der Waals surface area contributed by atoms with Crippen LogP contribution in [-0.2, 0) is 0 Å². The molecule has 0 bridgehead atoms. The number of halogens is 1. The molecule has 0 unspecified atom stereocenters. The molecule has 1 rings (SSSR count). The zero-order chi connectivity index (χ0) is 12.7. The molecule has 0 radical (unpaired) electrons. The van der Waals surface area contributed by atoms with E-state index in [1.54, 1.807) is 6.07 Å². The number of unbranched alkanes of at least 4 members (excludes halogenated alkanes) is 2. The lowest BCUT2D eigenvalue weighted by molar-refractivity contribution is 0.0952. The van der Waals surface area contributed by atoms with Gasteiger partial charge in [0.05, 0.1) is 0 Å². The van der Waals surface area contributed by atoms with Crippen LogP contribution in [0.4, 0.5) is 0 Å². The smallest absolute Gasteiger partial charge is 0.251 e. The summed E-state index contributed by atoms with van der Waals surface area (Å²) >= 11 is 3.40. The molecule has 0 saturated heterocycles. The van der Waals surface area contributed by atoms with Gasteiger partial charge >= 0.3 is 0 Å². The molecule has 1 aromatic carbocycles. The largest absolute Gasteiger partial charge is 0.396 e. The number of benzene rings is 1. The van der Waals surface area contributed by atoms with Crippen molar-refractivity contribution in [3.8, 4) is 0 Å². The van der Waals surface area contributed by atoms with E-state index >= 15 is 0 Å². The van der Waals surface area contributed by atoms with Crippen LogP contribution in [0.5, 0.6) is 0 Å². The molecule has 4 heteroatoms. The van der Waals surface area contributed by atoms with Crippen LogP contribution >= 0.6 is 15.9 Å². The average Bonchev–Trinajstić information content (AvgIpc) is 2.32. The van der Waals surface area contributed by atoms with Crippen molar-refractivity contribution in [1.29, 1.82) is 0 Å². The lowest BCUT2D eigenvalue weighted by Gasteiger charge is -2.06. The number of carbonyl (C=O) groups excluding carboxylic acids is 1. The number of aliphatic hydroxyl groups excluding tert-OH is 1. The highest BCUT2D eigenvalue weighted by Gasteiger charge is 2.05. The van der Waals surface area contributed by atoms with Crippen molar-refractivity contribution < 1.29 is 9.90 Å².